The van der Waals surface area contributed by atoms with Gasteiger partial charge in [0.25, 0.3) is 5.56 Å². The minimum absolute atomic E-state index is 0.292. The lowest BCUT2D eigenvalue weighted by molar-refractivity contribution is -0.116. The van der Waals surface area contributed by atoms with Gasteiger partial charge in [0.15, 0.2) is 0 Å². The van der Waals surface area contributed by atoms with E-state index in [1.807, 2.05) is 19.9 Å². The number of aromatic nitrogens is 3. The number of carbonyl (C=O) groups excluding carboxylic acids is 1. The summed E-state index contributed by atoms with van der Waals surface area (Å²) in [6.45, 7) is 3.43. The van der Waals surface area contributed by atoms with E-state index in [0.29, 0.717) is 33.9 Å². The van der Waals surface area contributed by atoms with Crippen LogP contribution in [0.5, 0.6) is 11.5 Å². The van der Waals surface area contributed by atoms with Gasteiger partial charge in [0.1, 0.15) is 23.6 Å². The number of nitrogens with one attached hydrogen (secondary N) is 1. The van der Waals surface area contributed by atoms with Crippen LogP contribution in [-0.4, -0.2) is 33.8 Å². The summed E-state index contributed by atoms with van der Waals surface area (Å²) in [6, 6.07) is 13.9. The first kappa shape index (κ1) is 22.9. The van der Waals surface area contributed by atoms with Crippen LogP contribution in [0.4, 0.5) is 5.69 Å². The molecule has 4 aromatic rings. The van der Waals surface area contributed by atoms with Crippen molar-refractivity contribution in [3.63, 3.8) is 0 Å². The second-order valence-corrected chi connectivity index (χ2v) is 8.04. The van der Waals surface area contributed by atoms with Crippen LogP contribution in [0.3, 0.4) is 0 Å². The van der Waals surface area contributed by atoms with E-state index in [2.05, 4.69) is 5.32 Å². The van der Waals surface area contributed by atoms with E-state index in [-0.39, 0.29) is 6.54 Å². The third kappa shape index (κ3) is 3.96. The van der Waals surface area contributed by atoms with E-state index in [4.69, 9.17) is 9.47 Å². The van der Waals surface area contributed by atoms with Crippen molar-refractivity contribution < 1.29 is 14.3 Å². The number of fused-ring (bicyclic) bond motifs is 1. The molecule has 0 saturated heterocycles. The monoisotopic (exact) mass is 462 g/mol. The summed E-state index contributed by atoms with van der Waals surface area (Å²) in [5.41, 5.74) is 2.29. The molecule has 176 valence electrons. The summed E-state index contributed by atoms with van der Waals surface area (Å²) in [6.07, 6.45) is 0. The van der Waals surface area contributed by atoms with E-state index < -0.39 is 17.2 Å². The maximum absolute atomic E-state index is 13.5. The van der Waals surface area contributed by atoms with Crippen LogP contribution in [-0.2, 0) is 18.4 Å². The molecule has 2 heterocycles. The Morgan fingerprint density at radius 2 is 1.76 bits per heavy atom. The van der Waals surface area contributed by atoms with Crippen molar-refractivity contribution in [3.05, 3.63) is 80.6 Å². The highest BCUT2D eigenvalue weighted by Gasteiger charge is 2.20. The predicted octanol–water partition coefficient (Wildman–Crippen LogP) is 2.76. The molecule has 0 aliphatic heterocycles. The van der Waals surface area contributed by atoms with Crippen LogP contribution in [0.25, 0.3) is 16.7 Å². The summed E-state index contributed by atoms with van der Waals surface area (Å²) in [4.78, 5) is 39.9. The Morgan fingerprint density at radius 1 is 1.00 bits per heavy atom. The number of hydrogen-bond acceptors (Lipinski definition) is 5. The molecule has 0 aliphatic rings. The van der Waals surface area contributed by atoms with E-state index in [1.54, 1.807) is 54.1 Å². The highest BCUT2D eigenvalue weighted by Crippen LogP contribution is 2.29. The molecule has 0 bridgehead atoms. The van der Waals surface area contributed by atoms with Crippen LogP contribution in [0.2, 0.25) is 0 Å². The molecule has 4 rings (SSSR count). The van der Waals surface area contributed by atoms with E-state index in [9.17, 15) is 14.4 Å². The van der Waals surface area contributed by atoms with Gasteiger partial charge in [0.2, 0.25) is 5.91 Å². The second kappa shape index (κ2) is 8.93. The molecule has 9 heteroatoms. The topological polar surface area (TPSA) is 96.5 Å². The molecule has 0 aliphatic carbocycles. The number of methoxy groups -OCH3 is 2. The van der Waals surface area contributed by atoms with Crippen LogP contribution in [0, 0.1) is 13.8 Å². The first-order valence-electron chi connectivity index (χ1n) is 10.7. The molecule has 0 spiro atoms. The van der Waals surface area contributed by atoms with Crippen molar-refractivity contribution in [2.75, 3.05) is 19.5 Å². The summed E-state index contributed by atoms with van der Waals surface area (Å²) in [5.74, 6) is 0.561. The lowest BCUT2D eigenvalue weighted by Crippen LogP contribution is -2.41. The first-order valence-corrected chi connectivity index (χ1v) is 10.7. The molecule has 34 heavy (non-hydrogen) atoms. The van der Waals surface area contributed by atoms with Crippen molar-refractivity contribution in [3.8, 4) is 17.2 Å². The molecule has 2 aromatic heterocycles. The standard InChI is InChI=1S/C25H26N4O5/c1-15-7-6-8-17(11-15)29-24(31)23-20(12-16(2)27(23)3)28(25(29)32)14-22(30)26-19-10-9-18(33-4)13-21(19)34-5/h6-13H,14H2,1-5H3,(H,26,30). The van der Waals surface area contributed by atoms with Crippen molar-refractivity contribution in [2.45, 2.75) is 20.4 Å². The molecule has 0 fully saturated rings. The number of nitrogens with zero attached hydrogens (tertiary/aromatic N) is 3. The number of rotatable bonds is 6. The van der Waals surface area contributed by atoms with Gasteiger partial charge in [-0.15, -0.1) is 0 Å². The third-order valence-electron chi connectivity index (χ3n) is 5.82. The van der Waals surface area contributed by atoms with Gasteiger partial charge in [-0.2, -0.15) is 0 Å². The lowest BCUT2D eigenvalue weighted by Gasteiger charge is -2.15. The fraction of sp³-hybridized carbons (Fsp3) is 0.240. The van der Waals surface area contributed by atoms with E-state index in [1.165, 1.54) is 18.8 Å². The quantitative estimate of drug-likeness (QED) is 0.475. The number of anilines is 1. The largest absolute Gasteiger partial charge is 0.497 e. The fourth-order valence-corrected chi connectivity index (χ4v) is 3.97. The van der Waals surface area contributed by atoms with Gasteiger partial charge in [-0.25, -0.2) is 9.36 Å². The predicted molar refractivity (Wildman–Crippen MR) is 130 cm³/mol. The van der Waals surface area contributed by atoms with Gasteiger partial charge in [-0.3, -0.25) is 14.2 Å². The zero-order valence-electron chi connectivity index (χ0n) is 19.7. The molecular formula is C25H26N4O5. The van der Waals surface area contributed by atoms with Crippen LogP contribution in [0.1, 0.15) is 11.3 Å². The highest BCUT2D eigenvalue weighted by molar-refractivity contribution is 5.93. The Bertz CT molecular complexity index is 1530. The van der Waals surface area contributed by atoms with Crippen molar-refractivity contribution >= 4 is 22.6 Å². The molecule has 0 radical (unpaired) electrons. The number of amides is 1. The minimum atomic E-state index is -0.592. The van der Waals surface area contributed by atoms with Crippen molar-refractivity contribution in [2.24, 2.45) is 7.05 Å². The average Bonchev–Trinajstić information content (AvgIpc) is 3.11. The summed E-state index contributed by atoms with van der Waals surface area (Å²) >= 11 is 0. The Balaban J connectivity index is 1.83. The van der Waals surface area contributed by atoms with Crippen LogP contribution in [0.15, 0.2) is 58.1 Å². The number of hydrogen-bond donors (Lipinski definition) is 1. The second-order valence-electron chi connectivity index (χ2n) is 8.04. The van der Waals surface area contributed by atoms with Gasteiger partial charge >= 0.3 is 5.69 Å². The Kier molecular flexibility index (Phi) is 6.02. The zero-order valence-corrected chi connectivity index (χ0v) is 19.7. The fourth-order valence-electron chi connectivity index (χ4n) is 3.97. The number of ether oxygens (including phenoxy) is 2. The molecule has 9 nitrogen and oxygen atoms in total. The van der Waals surface area contributed by atoms with Crippen molar-refractivity contribution in [1.82, 2.24) is 13.7 Å². The van der Waals surface area contributed by atoms with Gasteiger partial charge < -0.3 is 19.4 Å². The molecule has 0 saturated carbocycles. The molecule has 2 aromatic carbocycles. The normalized spacial score (nSPS) is 11.0. The smallest absolute Gasteiger partial charge is 0.336 e. The van der Waals surface area contributed by atoms with Gasteiger partial charge in [0.05, 0.1) is 31.1 Å². The molecule has 0 unspecified atom stereocenters. The van der Waals surface area contributed by atoms with Gasteiger partial charge in [-0.05, 0) is 49.7 Å². The van der Waals surface area contributed by atoms with E-state index >= 15 is 0 Å². The zero-order chi connectivity index (χ0) is 24.6. The molecule has 1 N–H and O–H groups in total. The minimum Gasteiger partial charge on any atom is -0.497 e. The number of benzene rings is 2. The maximum Gasteiger partial charge on any atom is 0.336 e. The first-order chi connectivity index (χ1) is 16.2. The van der Waals surface area contributed by atoms with Crippen LogP contribution >= 0.6 is 0 Å². The molecule has 1 amide bonds. The van der Waals surface area contributed by atoms with Crippen LogP contribution < -0.4 is 26.0 Å². The van der Waals surface area contributed by atoms with E-state index in [0.717, 1.165) is 15.8 Å². The summed E-state index contributed by atoms with van der Waals surface area (Å²) < 4.78 is 14.7. The molecular weight excluding hydrogens is 436 g/mol. The Hall–Kier alpha value is -4.27. The molecule has 0 atom stereocenters. The third-order valence-corrected chi connectivity index (χ3v) is 5.82. The Morgan fingerprint density at radius 3 is 2.44 bits per heavy atom. The van der Waals surface area contributed by atoms with Crippen molar-refractivity contribution in [1.29, 1.82) is 0 Å². The van der Waals surface area contributed by atoms with Gasteiger partial charge in [-0.1, -0.05) is 12.1 Å². The number of carbonyl (C=O) groups is 1. The highest BCUT2D eigenvalue weighted by atomic mass is 16.5. The summed E-state index contributed by atoms with van der Waals surface area (Å²) in [5, 5.41) is 2.78. The Labute approximate surface area is 195 Å². The average molecular weight is 463 g/mol. The lowest BCUT2D eigenvalue weighted by atomic mass is 10.2. The maximum atomic E-state index is 13.5. The summed E-state index contributed by atoms with van der Waals surface area (Å²) in [7, 11) is 4.79. The SMILES string of the molecule is COc1ccc(NC(=O)Cn2c(=O)n(-c3cccc(C)c3)c(=O)c3c2cc(C)n3C)c(OC)c1. The van der Waals surface area contributed by atoms with Gasteiger partial charge in [0, 0.05) is 18.8 Å². The number of aryl methyl sites for hydroxylation is 3.